The van der Waals surface area contributed by atoms with Crippen molar-refractivity contribution in [1.29, 1.82) is 0 Å². The van der Waals surface area contributed by atoms with Crippen LogP contribution in [0, 0.1) is 17.0 Å². The first-order chi connectivity index (χ1) is 12.3. The van der Waals surface area contributed by atoms with Crippen LogP contribution in [0.4, 0.5) is 11.4 Å². The Morgan fingerprint density at radius 2 is 2.00 bits per heavy atom. The predicted molar refractivity (Wildman–Crippen MR) is 94.7 cm³/mol. The van der Waals surface area contributed by atoms with Crippen molar-refractivity contribution in [2.45, 2.75) is 6.92 Å². The molecule has 0 fully saturated rings. The number of carbonyl (C=O) groups is 2. The van der Waals surface area contributed by atoms with Crippen molar-refractivity contribution in [3.8, 4) is 5.75 Å². The number of nitro benzene ring substituents is 1. The third-order valence-electron chi connectivity index (χ3n) is 3.49. The van der Waals surface area contributed by atoms with Crippen molar-refractivity contribution < 1.29 is 24.0 Å². The molecule has 2 rings (SSSR count). The molecule has 0 atom stereocenters. The SMILES string of the molecule is COc1ccc(NC(=O)COC(=O)c2cccc([N+](=O)[O-])c2C)cc1Cl. The molecule has 0 saturated carbocycles. The van der Waals surface area contributed by atoms with E-state index in [-0.39, 0.29) is 16.8 Å². The van der Waals surface area contributed by atoms with Crippen LogP contribution < -0.4 is 10.1 Å². The highest BCUT2D eigenvalue weighted by molar-refractivity contribution is 6.32. The first-order valence-corrected chi connectivity index (χ1v) is 7.75. The summed E-state index contributed by atoms with van der Waals surface area (Å²) < 4.78 is 9.93. The quantitative estimate of drug-likeness (QED) is 0.469. The van der Waals surface area contributed by atoms with Crippen LogP contribution in [-0.4, -0.2) is 30.5 Å². The normalized spacial score (nSPS) is 10.1. The van der Waals surface area contributed by atoms with E-state index in [4.69, 9.17) is 21.1 Å². The number of nitrogens with zero attached hydrogens (tertiary/aromatic N) is 1. The van der Waals surface area contributed by atoms with Gasteiger partial charge in [-0.05, 0) is 31.2 Å². The van der Waals surface area contributed by atoms with E-state index in [1.807, 2.05) is 0 Å². The average Bonchev–Trinajstić information content (AvgIpc) is 2.59. The van der Waals surface area contributed by atoms with E-state index >= 15 is 0 Å². The van der Waals surface area contributed by atoms with Crippen LogP contribution in [0.3, 0.4) is 0 Å². The van der Waals surface area contributed by atoms with E-state index in [2.05, 4.69) is 5.32 Å². The number of halogens is 1. The molecule has 2 aromatic rings. The van der Waals surface area contributed by atoms with Gasteiger partial charge in [-0.3, -0.25) is 14.9 Å². The maximum Gasteiger partial charge on any atom is 0.339 e. The molecule has 1 N–H and O–H groups in total. The molecule has 0 spiro atoms. The van der Waals surface area contributed by atoms with Gasteiger partial charge in [-0.15, -0.1) is 0 Å². The van der Waals surface area contributed by atoms with Crippen LogP contribution in [-0.2, 0) is 9.53 Å². The zero-order valence-corrected chi connectivity index (χ0v) is 14.7. The van der Waals surface area contributed by atoms with Gasteiger partial charge in [0.2, 0.25) is 0 Å². The predicted octanol–water partition coefficient (Wildman–Crippen LogP) is 3.36. The molecule has 8 nitrogen and oxygen atoms in total. The fourth-order valence-corrected chi connectivity index (χ4v) is 2.45. The summed E-state index contributed by atoms with van der Waals surface area (Å²) in [4.78, 5) is 34.3. The Morgan fingerprint density at radius 3 is 2.62 bits per heavy atom. The molecule has 0 aliphatic heterocycles. The van der Waals surface area contributed by atoms with Gasteiger partial charge in [0.1, 0.15) is 5.75 Å². The van der Waals surface area contributed by atoms with Gasteiger partial charge in [-0.2, -0.15) is 0 Å². The standard InChI is InChI=1S/C17H15ClN2O6/c1-10-12(4-3-5-14(10)20(23)24)17(22)26-9-16(21)19-11-6-7-15(25-2)13(18)8-11/h3-8H,9H2,1-2H3,(H,19,21). The van der Waals surface area contributed by atoms with E-state index in [0.29, 0.717) is 16.5 Å². The number of hydrogen-bond donors (Lipinski definition) is 1. The molecular formula is C17H15ClN2O6. The second-order valence-corrected chi connectivity index (χ2v) is 5.59. The van der Waals surface area contributed by atoms with E-state index in [9.17, 15) is 19.7 Å². The number of anilines is 1. The summed E-state index contributed by atoms with van der Waals surface area (Å²) in [7, 11) is 1.47. The fraction of sp³-hybridized carbons (Fsp3) is 0.176. The van der Waals surface area contributed by atoms with Crippen molar-refractivity contribution in [3.05, 3.63) is 62.7 Å². The third kappa shape index (κ3) is 4.48. The minimum atomic E-state index is -0.825. The number of rotatable bonds is 6. The van der Waals surface area contributed by atoms with Crippen molar-refractivity contribution in [2.24, 2.45) is 0 Å². The summed E-state index contributed by atoms with van der Waals surface area (Å²) in [6.07, 6.45) is 0. The van der Waals surface area contributed by atoms with Crippen LogP contribution in [0.5, 0.6) is 5.75 Å². The Morgan fingerprint density at radius 1 is 1.27 bits per heavy atom. The molecule has 9 heteroatoms. The fourth-order valence-electron chi connectivity index (χ4n) is 2.19. The Hall–Kier alpha value is -3.13. The van der Waals surface area contributed by atoms with E-state index < -0.39 is 23.4 Å². The molecule has 0 aliphatic carbocycles. The van der Waals surface area contributed by atoms with Crippen molar-refractivity contribution in [3.63, 3.8) is 0 Å². The molecule has 2 aromatic carbocycles. The van der Waals surface area contributed by atoms with Gasteiger partial charge in [-0.25, -0.2) is 4.79 Å². The Bertz CT molecular complexity index is 868. The van der Waals surface area contributed by atoms with E-state index in [1.165, 1.54) is 38.3 Å². The second kappa shape index (κ2) is 8.30. The van der Waals surface area contributed by atoms with Crippen LogP contribution in [0.15, 0.2) is 36.4 Å². The largest absolute Gasteiger partial charge is 0.495 e. The number of nitrogens with one attached hydrogen (secondary N) is 1. The zero-order valence-electron chi connectivity index (χ0n) is 13.9. The highest BCUT2D eigenvalue weighted by atomic mass is 35.5. The lowest BCUT2D eigenvalue weighted by Crippen LogP contribution is -2.21. The number of methoxy groups -OCH3 is 1. The van der Waals surface area contributed by atoms with Crippen molar-refractivity contribution in [2.75, 3.05) is 19.0 Å². The van der Waals surface area contributed by atoms with Crippen LogP contribution >= 0.6 is 11.6 Å². The van der Waals surface area contributed by atoms with Gasteiger partial charge in [-0.1, -0.05) is 17.7 Å². The Kier molecular flexibility index (Phi) is 6.13. The highest BCUT2D eigenvalue weighted by Gasteiger charge is 2.19. The molecule has 1 amide bonds. The van der Waals surface area contributed by atoms with E-state index in [0.717, 1.165) is 0 Å². The Balaban J connectivity index is 1.99. The monoisotopic (exact) mass is 378 g/mol. The molecular weight excluding hydrogens is 364 g/mol. The van der Waals surface area contributed by atoms with Crippen molar-refractivity contribution >= 4 is 34.9 Å². The van der Waals surface area contributed by atoms with Crippen LogP contribution in [0.25, 0.3) is 0 Å². The molecule has 26 heavy (non-hydrogen) atoms. The van der Waals surface area contributed by atoms with Crippen LogP contribution in [0.2, 0.25) is 5.02 Å². The number of nitro groups is 1. The third-order valence-corrected chi connectivity index (χ3v) is 3.79. The molecule has 0 bridgehead atoms. The summed E-state index contributed by atoms with van der Waals surface area (Å²) in [6, 6.07) is 8.70. The van der Waals surface area contributed by atoms with Gasteiger partial charge >= 0.3 is 5.97 Å². The molecule has 0 radical (unpaired) electrons. The molecule has 0 aliphatic rings. The molecule has 0 heterocycles. The van der Waals surface area contributed by atoms with Crippen LogP contribution in [0.1, 0.15) is 15.9 Å². The van der Waals surface area contributed by atoms with Gasteiger partial charge in [0.15, 0.2) is 6.61 Å². The van der Waals surface area contributed by atoms with E-state index in [1.54, 1.807) is 12.1 Å². The van der Waals surface area contributed by atoms with Gasteiger partial charge < -0.3 is 14.8 Å². The highest BCUT2D eigenvalue weighted by Crippen LogP contribution is 2.27. The topological polar surface area (TPSA) is 108 Å². The first-order valence-electron chi connectivity index (χ1n) is 7.38. The summed E-state index contributed by atoms with van der Waals surface area (Å²) in [6.45, 7) is 0.888. The summed E-state index contributed by atoms with van der Waals surface area (Å²) in [5.74, 6) is -0.950. The number of amides is 1. The number of carbonyl (C=O) groups excluding carboxylic acids is 2. The molecule has 136 valence electrons. The lowest BCUT2D eigenvalue weighted by Gasteiger charge is -2.09. The van der Waals surface area contributed by atoms with Gasteiger partial charge in [0.25, 0.3) is 11.6 Å². The molecule has 0 unspecified atom stereocenters. The van der Waals surface area contributed by atoms with Crippen molar-refractivity contribution in [1.82, 2.24) is 0 Å². The lowest BCUT2D eigenvalue weighted by molar-refractivity contribution is -0.385. The molecule has 0 saturated heterocycles. The average molecular weight is 379 g/mol. The number of ether oxygens (including phenoxy) is 2. The summed E-state index contributed by atoms with van der Waals surface area (Å²) in [5, 5.41) is 13.7. The minimum Gasteiger partial charge on any atom is -0.495 e. The lowest BCUT2D eigenvalue weighted by atomic mass is 10.1. The Labute approximate surface area is 153 Å². The number of hydrogen-bond acceptors (Lipinski definition) is 6. The number of esters is 1. The van der Waals surface area contributed by atoms with Gasteiger partial charge in [0.05, 0.1) is 22.6 Å². The summed E-state index contributed by atoms with van der Waals surface area (Å²) in [5.41, 5.74) is 0.407. The summed E-state index contributed by atoms with van der Waals surface area (Å²) >= 11 is 5.96. The maximum absolute atomic E-state index is 12.1. The molecule has 0 aromatic heterocycles. The number of benzene rings is 2. The smallest absolute Gasteiger partial charge is 0.339 e. The van der Waals surface area contributed by atoms with Gasteiger partial charge in [0, 0.05) is 17.3 Å². The zero-order chi connectivity index (χ0) is 19.3. The maximum atomic E-state index is 12.1. The minimum absolute atomic E-state index is 0.0273. The second-order valence-electron chi connectivity index (χ2n) is 5.18. The first kappa shape index (κ1) is 19.2.